The van der Waals surface area contributed by atoms with Crippen molar-refractivity contribution in [3.05, 3.63) is 78.2 Å². The third kappa shape index (κ3) is 10.1. The molecule has 2 aromatic carbocycles. The number of hydrogen-bond donors (Lipinski definition) is 5. The average Bonchev–Trinajstić information content (AvgIpc) is 3.28. The molecule has 0 aliphatic heterocycles. The van der Waals surface area contributed by atoms with Gasteiger partial charge in [0.2, 0.25) is 21.8 Å². The summed E-state index contributed by atoms with van der Waals surface area (Å²) in [6.07, 6.45) is 6.13. The summed E-state index contributed by atoms with van der Waals surface area (Å²) in [5.41, 5.74) is 1.32. The zero-order valence-electron chi connectivity index (χ0n) is 23.2. The molecule has 0 saturated carbocycles. The Morgan fingerprint density at radius 1 is 1.10 bits per heavy atom. The van der Waals surface area contributed by atoms with Crippen LogP contribution in [0.3, 0.4) is 0 Å². The summed E-state index contributed by atoms with van der Waals surface area (Å²) >= 11 is 0. The molecule has 0 fully saturated rings. The van der Waals surface area contributed by atoms with Gasteiger partial charge in [0, 0.05) is 18.4 Å². The van der Waals surface area contributed by atoms with Gasteiger partial charge >= 0.3 is 7.05 Å². The predicted molar refractivity (Wildman–Crippen MR) is 157 cm³/mol. The van der Waals surface area contributed by atoms with Gasteiger partial charge in [-0.05, 0) is 63.2 Å². The van der Waals surface area contributed by atoms with Gasteiger partial charge in [-0.25, -0.2) is 13.4 Å². The van der Waals surface area contributed by atoms with Crippen molar-refractivity contribution in [3.8, 4) is 0 Å². The van der Waals surface area contributed by atoms with Gasteiger partial charge in [0.1, 0.15) is 6.04 Å². The Bertz CT molecular complexity index is 1400. The zero-order chi connectivity index (χ0) is 29.3. The van der Waals surface area contributed by atoms with Crippen LogP contribution in [-0.2, 0) is 32.6 Å². The van der Waals surface area contributed by atoms with Crippen LogP contribution in [0.4, 0.5) is 11.5 Å². The van der Waals surface area contributed by atoms with Gasteiger partial charge in [0.25, 0.3) is 0 Å². The first-order valence-corrected chi connectivity index (χ1v) is 14.9. The number of sulfonamides is 1. The summed E-state index contributed by atoms with van der Waals surface area (Å²) in [6.45, 7) is 5.19. The highest BCUT2D eigenvalue weighted by molar-refractivity contribution is 7.92. The third-order valence-electron chi connectivity index (χ3n) is 6.04. The van der Waals surface area contributed by atoms with E-state index >= 15 is 0 Å². The van der Waals surface area contributed by atoms with Crippen molar-refractivity contribution in [2.45, 2.75) is 58.1 Å². The quantitative estimate of drug-likeness (QED) is 0.187. The second-order valence-electron chi connectivity index (χ2n) is 10.3. The second-order valence-corrected chi connectivity index (χ2v) is 12.1. The maximum Gasteiger partial charge on any atom is 0.374 e. The number of rotatable bonds is 14. The molecule has 214 valence electrons. The molecule has 11 nitrogen and oxygen atoms in total. The number of imidazole rings is 1. The minimum Gasteiger partial charge on any atom is -0.437 e. The molecule has 0 aliphatic carbocycles. The molecule has 13 heteroatoms. The highest BCUT2D eigenvalue weighted by atomic mass is 32.2. The highest BCUT2D eigenvalue weighted by Crippen LogP contribution is 2.15. The Balaban J connectivity index is 1.67. The van der Waals surface area contributed by atoms with Crippen molar-refractivity contribution in [2.24, 2.45) is 0 Å². The van der Waals surface area contributed by atoms with Crippen molar-refractivity contribution in [1.82, 2.24) is 20.1 Å². The molecule has 5 N–H and O–H groups in total. The molecular formula is C27H37BN6O5S. The molecule has 1 heterocycles. The van der Waals surface area contributed by atoms with Crippen LogP contribution in [0.1, 0.15) is 37.8 Å². The molecule has 0 radical (unpaired) electrons. The number of amides is 2. The van der Waals surface area contributed by atoms with Crippen LogP contribution in [0.25, 0.3) is 0 Å². The number of nitrogens with zero attached hydrogens (tertiary/aromatic N) is 2. The van der Waals surface area contributed by atoms with Crippen LogP contribution in [0.2, 0.25) is 6.82 Å². The molecule has 3 rings (SSSR count). The maximum atomic E-state index is 13.3. The number of benzene rings is 2. The molecule has 1 atom stereocenters. The van der Waals surface area contributed by atoms with E-state index in [0.29, 0.717) is 30.9 Å². The molecule has 2 amide bonds. The van der Waals surface area contributed by atoms with Crippen molar-refractivity contribution >= 4 is 40.4 Å². The van der Waals surface area contributed by atoms with Crippen molar-refractivity contribution in [1.29, 1.82) is 0 Å². The summed E-state index contributed by atoms with van der Waals surface area (Å²) in [4.78, 5) is 30.5. The molecular weight excluding hydrogens is 531 g/mol. The van der Waals surface area contributed by atoms with E-state index in [1.807, 2.05) is 36.4 Å². The lowest BCUT2D eigenvalue weighted by molar-refractivity contribution is -0.130. The fraction of sp³-hybridized carbons (Fsp3) is 0.370. The SMILES string of the molecule is CB(O)NC(C)(C)C(=O)N[C@H](CCCc1ccccc1)C(=O)Nc1cn(Cc2cccc(NS(C)(=O)=O)c2)cn1. The summed E-state index contributed by atoms with van der Waals surface area (Å²) in [6, 6.07) is 16.1. The smallest absolute Gasteiger partial charge is 0.374 e. The van der Waals surface area contributed by atoms with Crippen LogP contribution in [0, 0.1) is 0 Å². The summed E-state index contributed by atoms with van der Waals surface area (Å²) in [5, 5.41) is 18.1. The van der Waals surface area contributed by atoms with Gasteiger partial charge in [-0.1, -0.05) is 42.5 Å². The lowest BCUT2D eigenvalue weighted by Crippen LogP contribution is -2.60. The molecule has 0 saturated heterocycles. The van der Waals surface area contributed by atoms with Crippen LogP contribution in [0.5, 0.6) is 0 Å². The number of carbonyl (C=O) groups is 2. The molecule has 1 aromatic heterocycles. The first-order chi connectivity index (χ1) is 18.8. The van der Waals surface area contributed by atoms with Gasteiger partial charge in [-0.3, -0.25) is 14.3 Å². The van der Waals surface area contributed by atoms with E-state index in [4.69, 9.17) is 0 Å². The van der Waals surface area contributed by atoms with Crippen LogP contribution in [-0.4, -0.2) is 59.7 Å². The molecule has 0 bridgehead atoms. The van der Waals surface area contributed by atoms with E-state index in [1.165, 1.54) is 6.82 Å². The van der Waals surface area contributed by atoms with Crippen LogP contribution >= 0.6 is 0 Å². The van der Waals surface area contributed by atoms with Gasteiger partial charge in [0.05, 0.1) is 18.1 Å². The third-order valence-corrected chi connectivity index (χ3v) is 6.65. The lowest BCUT2D eigenvalue weighted by atomic mass is 9.83. The Hall–Kier alpha value is -3.68. The number of hydrogen-bond acceptors (Lipinski definition) is 7. The monoisotopic (exact) mass is 568 g/mol. The number of carbonyl (C=O) groups excluding carboxylic acids is 2. The molecule has 0 spiro atoms. The molecule has 3 aromatic rings. The standard InChI is InChI=1S/C27H37BN6O5S/c1-27(2,33-28(3)37)26(36)30-23(15-9-12-20-10-6-5-7-11-20)25(35)31-24-18-34(19-29-24)17-21-13-8-14-22(16-21)32-40(4,38)39/h5-8,10-11,13-14,16,18-19,23,32-33,37H,9,12,15,17H2,1-4H3,(H,30,36)(H,31,35)/t23-/m1/s1. The van der Waals surface area contributed by atoms with E-state index in [2.05, 4.69) is 25.6 Å². The van der Waals surface area contributed by atoms with E-state index in [0.717, 1.165) is 23.8 Å². The molecule has 40 heavy (non-hydrogen) atoms. The topological polar surface area (TPSA) is 154 Å². The average molecular weight is 569 g/mol. The van der Waals surface area contributed by atoms with Gasteiger partial charge in [0.15, 0.2) is 5.82 Å². The fourth-order valence-electron chi connectivity index (χ4n) is 4.23. The minimum absolute atomic E-state index is 0.319. The van der Waals surface area contributed by atoms with Gasteiger partial charge in [-0.15, -0.1) is 0 Å². The van der Waals surface area contributed by atoms with E-state index in [9.17, 15) is 23.0 Å². The number of aryl methyl sites for hydroxylation is 1. The second kappa shape index (κ2) is 13.6. The highest BCUT2D eigenvalue weighted by Gasteiger charge is 2.32. The molecule has 0 unspecified atom stereocenters. The predicted octanol–water partition coefficient (Wildman–Crippen LogP) is 2.23. The minimum atomic E-state index is -3.39. The number of nitrogens with one attached hydrogen (secondary N) is 4. The van der Waals surface area contributed by atoms with E-state index in [1.54, 1.807) is 49.1 Å². The first-order valence-electron chi connectivity index (χ1n) is 13.0. The number of anilines is 2. The Kier molecular flexibility index (Phi) is 10.5. The zero-order valence-corrected chi connectivity index (χ0v) is 24.0. The van der Waals surface area contributed by atoms with Crippen LogP contribution in [0.15, 0.2) is 67.1 Å². The van der Waals surface area contributed by atoms with Crippen molar-refractivity contribution in [2.75, 3.05) is 16.3 Å². The lowest BCUT2D eigenvalue weighted by Gasteiger charge is -2.28. The van der Waals surface area contributed by atoms with Crippen molar-refractivity contribution < 1.29 is 23.0 Å². The maximum absolute atomic E-state index is 13.3. The summed E-state index contributed by atoms with van der Waals surface area (Å²) in [5.74, 6) is -0.501. The van der Waals surface area contributed by atoms with E-state index in [-0.39, 0.29) is 0 Å². The Morgan fingerprint density at radius 2 is 1.80 bits per heavy atom. The normalized spacial score (nSPS) is 12.4. The largest absolute Gasteiger partial charge is 0.437 e. The van der Waals surface area contributed by atoms with E-state index < -0.39 is 40.5 Å². The first kappa shape index (κ1) is 30.9. The van der Waals surface area contributed by atoms with Gasteiger partial charge in [-0.2, -0.15) is 0 Å². The Labute approximate surface area is 236 Å². The number of aromatic nitrogens is 2. The summed E-state index contributed by atoms with van der Waals surface area (Å²) < 4.78 is 27.3. The molecule has 0 aliphatic rings. The summed E-state index contributed by atoms with van der Waals surface area (Å²) in [7, 11) is -4.30. The fourth-order valence-corrected chi connectivity index (χ4v) is 4.79. The van der Waals surface area contributed by atoms with Crippen LogP contribution < -0.4 is 20.6 Å². The van der Waals surface area contributed by atoms with Gasteiger partial charge < -0.3 is 25.5 Å². The van der Waals surface area contributed by atoms with Crippen molar-refractivity contribution in [3.63, 3.8) is 0 Å². The Morgan fingerprint density at radius 3 is 2.48 bits per heavy atom.